The van der Waals surface area contributed by atoms with Crippen LogP contribution in [0.3, 0.4) is 0 Å². The van der Waals surface area contributed by atoms with Crippen molar-refractivity contribution < 1.29 is 76.5 Å². The van der Waals surface area contributed by atoms with Crippen molar-refractivity contribution in [2.24, 2.45) is 23.7 Å². The molecule has 0 radical (unpaired) electrons. The minimum atomic E-state index is -0.823. The van der Waals surface area contributed by atoms with E-state index in [-0.39, 0.29) is 158 Å². The largest absolute Gasteiger partial charge is 0.455 e. The van der Waals surface area contributed by atoms with Crippen molar-refractivity contribution in [2.45, 2.75) is 200 Å². The number of rotatable bonds is 43. The van der Waals surface area contributed by atoms with Crippen LogP contribution in [0.15, 0.2) is 29.6 Å². The molecule has 2 saturated heterocycles. The summed E-state index contributed by atoms with van der Waals surface area (Å²) in [7, 11) is 3.75. The van der Waals surface area contributed by atoms with E-state index in [1.807, 2.05) is 72.2 Å². The molecule has 24 heteroatoms. The molecule has 2 aliphatic rings. The summed E-state index contributed by atoms with van der Waals surface area (Å²) >= 11 is 2.59. The number of ether oxygens (including phenoxy) is 4. The van der Waals surface area contributed by atoms with E-state index in [0.29, 0.717) is 70.0 Å². The van der Waals surface area contributed by atoms with Crippen LogP contribution in [-0.4, -0.2) is 187 Å². The zero-order chi connectivity index (χ0) is 66.9. The summed E-state index contributed by atoms with van der Waals surface area (Å²) in [5, 5.41) is 7.63. The second kappa shape index (κ2) is 42.3. The number of imide groups is 1. The number of esters is 1. The molecule has 1 aromatic carbocycles. The third-order valence-corrected chi connectivity index (χ3v) is 18.6. The normalized spacial score (nSPS) is 17.4. The van der Waals surface area contributed by atoms with Crippen molar-refractivity contribution in [2.75, 3.05) is 73.1 Å². The highest BCUT2D eigenvalue weighted by molar-refractivity contribution is 8.00. The van der Waals surface area contributed by atoms with E-state index >= 15 is 0 Å². The number of Topliss-reactive ketones (excluding diaryl/α,β-unsaturated/α-hetero) is 4. The number of benzene rings is 1. The average Bonchev–Trinajstić information content (AvgIpc) is 1.91. The second-order valence-electron chi connectivity index (χ2n) is 24.0. The molecule has 0 spiro atoms. The molecule has 2 fully saturated rings. The molecule has 90 heavy (non-hydrogen) atoms. The molecular formula is C66H100N6O16S2. The number of nitrogens with zero attached hydrogens (tertiary/aromatic N) is 4. The lowest BCUT2D eigenvalue weighted by Gasteiger charge is -2.37. The smallest absolute Gasteiger partial charge is 0.373 e. The predicted octanol–water partition coefficient (Wildman–Crippen LogP) is 7.56. The number of nitrogens with one attached hydrogen (secondary N) is 2. The molecule has 2 unspecified atom stereocenters. The van der Waals surface area contributed by atoms with Crippen molar-refractivity contribution in [3.05, 3.63) is 51.5 Å². The van der Waals surface area contributed by atoms with Crippen LogP contribution in [0.25, 0.3) is 0 Å². The van der Waals surface area contributed by atoms with Gasteiger partial charge in [0.15, 0.2) is 17.7 Å². The Morgan fingerprint density at radius 3 is 2.07 bits per heavy atom. The van der Waals surface area contributed by atoms with E-state index in [9.17, 15) is 47.9 Å². The summed E-state index contributed by atoms with van der Waals surface area (Å²) in [6.07, 6.45) is 9.34. The Morgan fingerprint density at radius 2 is 1.47 bits per heavy atom. The Kier molecular flexibility index (Phi) is 36.8. The molecule has 4 rings (SSSR count). The molecule has 502 valence electrons. The Bertz CT molecular complexity index is 2660. The van der Waals surface area contributed by atoms with Gasteiger partial charge in [-0.15, -0.1) is 11.3 Å². The summed E-state index contributed by atoms with van der Waals surface area (Å²) in [6.45, 7) is 17.7. The Hall–Kier alpha value is -5.88. The number of carbonyl (C=O) groups excluding carboxylic acids is 12. The van der Waals surface area contributed by atoms with Gasteiger partial charge in [0.25, 0.3) is 5.91 Å². The lowest BCUT2D eigenvalue weighted by molar-refractivity contribution is -0.192. The summed E-state index contributed by atoms with van der Waals surface area (Å²) in [5.74, 6) is -2.99. The predicted molar refractivity (Wildman–Crippen MR) is 341 cm³/mol. The Balaban J connectivity index is 0.00000691. The van der Waals surface area contributed by atoms with Gasteiger partial charge >= 0.3 is 12.1 Å². The minimum absolute atomic E-state index is 0.0199. The van der Waals surface area contributed by atoms with Gasteiger partial charge in [0.05, 0.1) is 50.4 Å². The summed E-state index contributed by atoms with van der Waals surface area (Å²) < 4.78 is 22.4. The van der Waals surface area contributed by atoms with Gasteiger partial charge in [-0.05, 0) is 88.3 Å². The minimum Gasteiger partial charge on any atom is -0.455 e. The number of likely N-dealkylation sites (N-methyl/N-ethyl adjacent to an activating group) is 1. The van der Waals surface area contributed by atoms with Crippen LogP contribution < -0.4 is 10.6 Å². The highest BCUT2D eigenvalue weighted by Gasteiger charge is 2.39. The monoisotopic (exact) mass is 1300 g/mol. The molecule has 0 aliphatic carbocycles. The third kappa shape index (κ3) is 27.5. The van der Waals surface area contributed by atoms with E-state index in [4.69, 9.17) is 33.5 Å². The van der Waals surface area contributed by atoms with Crippen LogP contribution in [0.2, 0.25) is 0 Å². The summed E-state index contributed by atoms with van der Waals surface area (Å²) in [4.78, 5) is 156. The number of likely N-dealkylation sites (tertiary alicyclic amines) is 2. The average molecular weight is 1300 g/mol. The lowest BCUT2D eigenvalue weighted by Crippen LogP contribution is -2.48. The van der Waals surface area contributed by atoms with Crippen LogP contribution in [0, 0.1) is 23.7 Å². The van der Waals surface area contributed by atoms with E-state index in [0.717, 1.165) is 49.8 Å². The van der Waals surface area contributed by atoms with Crippen molar-refractivity contribution in [3.63, 3.8) is 0 Å². The molecule has 0 bridgehead atoms. The Labute approximate surface area is 540 Å². The quantitative estimate of drug-likeness (QED) is 0.0368. The van der Waals surface area contributed by atoms with Crippen LogP contribution in [-0.2, 0) is 84.5 Å². The van der Waals surface area contributed by atoms with E-state index in [1.165, 1.54) is 34.9 Å². The highest BCUT2D eigenvalue weighted by Crippen LogP contribution is 2.33. The molecule has 22 nitrogen and oxygen atoms in total. The van der Waals surface area contributed by atoms with Gasteiger partial charge in [0.2, 0.25) is 23.6 Å². The first-order valence-electron chi connectivity index (χ1n) is 31.9. The van der Waals surface area contributed by atoms with Gasteiger partial charge in [-0.25, -0.2) is 4.98 Å². The number of thioether (sulfide) groups is 1. The lowest BCUT2D eigenvalue weighted by atomic mass is 9.83. The maximum absolute atomic E-state index is 14.4. The maximum atomic E-state index is 14.4. The number of piperidine rings is 1. The van der Waals surface area contributed by atoms with Gasteiger partial charge in [-0.3, -0.25) is 57.7 Å². The fraction of sp³-hybridized carbons (Fsp3) is 0.697. The molecule has 1 aromatic heterocycles. The number of thiazole rings is 1. The van der Waals surface area contributed by atoms with Crippen LogP contribution in [0.5, 0.6) is 0 Å². The standard InChI is InChI=1S/C65H100N6O14S2.CO2/c1-12-18-49(67-62(79)52-41-87-63(68-52)58(85-46(8)72)39-54(42(3)4)70(10)64(80)51(43(5)13-2)38-57(76)53-21-14-15-27-69(53)9)36-47-22-24-48(25-23-47)37-55(74)44(6)35-56(75)45(7)66-60(77)26-30-83-32-34-84-33-31-82-29-17-20-50(73)19-16-28-71-61(78)40-59(86-11)65(71)81;2-1-3/h22-25,41-45,49,51,53-54,58-59H,12-21,26-40H2,1-11H3,(H,66,77)(H,67,79);/t43-,44+,45-,49+,51-,53?,54+,58+,59?;/m0./s1. The van der Waals surface area contributed by atoms with Gasteiger partial charge in [-0.2, -0.15) is 21.4 Å². The Morgan fingerprint density at radius 1 is 0.833 bits per heavy atom. The zero-order valence-corrected chi connectivity index (χ0v) is 56.6. The first-order chi connectivity index (χ1) is 42.9. The number of aromatic nitrogens is 1. The van der Waals surface area contributed by atoms with E-state index in [1.54, 1.807) is 31.2 Å². The zero-order valence-electron chi connectivity index (χ0n) is 55.0. The van der Waals surface area contributed by atoms with Gasteiger partial charge in [0, 0.05) is 108 Å². The topological polar surface area (TPSA) is 288 Å². The van der Waals surface area contributed by atoms with Crippen molar-refractivity contribution in [1.29, 1.82) is 0 Å². The van der Waals surface area contributed by atoms with Crippen LogP contribution >= 0.6 is 23.1 Å². The third-order valence-electron chi connectivity index (χ3n) is 16.7. The van der Waals surface area contributed by atoms with E-state index < -0.39 is 30.0 Å². The fourth-order valence-electron chi connectivity index (χ4n) is 11.1. The number of amides is 5. The second-order valence-corrected chi connectivity index (χ2v) is 26.0. The summed E-state index contributed by atoms with van der Waals surface area (Å²) in [6, 6.07) is 6.05. The fourth-order valence-corrected chi connectivity index (χ4v) is 12.6. The first kappa shape index (κ1) is 78.4. The SMILES string of the molecule is CCC[C@H](Cc1ccc(CC(=O)[C@H](C)CC(=O)[C@H](C)NC(=O)CCOCCOCCOCCCC(=O)CCCN2C(=O)CC(SC)C2=O)cc1)NC(=O)c1csc([C@@H](C[C@H](C(C)C)N(C)C(=O)[C@@H](CC(=O)C2CCCCN2C)[C@@H](C)CC)OC(C)=O)n1.O=C=O. The number of hydrogen-bond acceptors (Lipinski definition) is 20. The van der Waals surface area contributed by atoms with Crippen molar-refractivity contribution in [3.8, 4) is 0 Å². The van der Waals surface area contributed by atoms with Gasteiger partial charge in [-0.1, -0.05) is 85.1 Å². The molecule has 2 aromatic rings. The molecule has 9 atom stereocenters. The molecule has 2 N–H and O–H groups in total. The molecule has 3 heterocycles. The summed E-state index contributed by atoms with van der Waals surface area (Å²) in [5.41, 5.74) is 1.93. The number of ketones is 4. The number of carbonyl (C=O) groups is 10. The molecular weight excluding hydrogens is 1200 g/mol. The van der Waals surface area contributed by atoms with Crippen LogP contribution in [0.4, 0.5) is 0 Å². The van der Waals surface area contributed by atoms with Crippen molar-refractivity contribution >= 4 is 87.9 Å². The van der Waals surface area contributed by atoms with E-state index in [2.05, 4.69) is 15.5 Å². The molecule has 2 aliphatic heterocycles. The van der Waals surface area contributed by atoms with Gasteiger partial charge in [0.1, 0.15) is 22.3 Å². The first-order valence-corrected chi connectivity index (χ1v) is 34.0. The van der Waals surface area contributed by atoms with Crippen molar-refractivity contribution in [1.82, 2.24) is 30.3 Å². The highest BCUT2D eigenvalue weighted by atomic mass is 32.2. The number of hydrogen-bond donors (Lipinski definition) is 2. The van der Waals surface area contributed by atoms with Gasteiger partial charge < -0.3 is 34.5 Å². The molecule has 5 amide bonds. The molecule has 0 saturated carbocycles. The maximum Gasteiger partial charge on any atom is 0.373 e. The van der Waals surface area contributed by atoms with Crippen LogP contribution in [0.1, 0.15) is 184 Å².